The minimum absolute atomic E-state index is 0.0649. The first-order chi connectivity index (χ1) is 18.2. The van der Waals surface area contributed by atoms with Crippen molar-refractivity contribution in [3.8, 4) is 0 Å². The number of fused-ring (bicyclic) bond motifs is 1. The molecule has 4 rings (SSSR count). The molecule has 3 aliphatic rings. The molecule has 3 aliphatic heterocycles. The number of nitrogens with one attached hydrogen (secondary N) is 1. The number of halogens is 6. The number of carbonyl (C=O) groups is 3. The van der Waals surface area contributed by atoms with Crippen molar-refractivity contribution in [1.29, 1.82) is 0 Å². The minimum Gasteiger partial charge on any atom is -0.475 e. The third-order valence-corrected chi connectivity index (χ3v) is 6.16. The number of ether oxygens (including phenoxy) is 2. The van der Waals surface area contributed by atoms with E-state index in [1.807, 2.05) is 12.1 Å². The lowest BCUT2D eigenvalue weighted by Gasteiger charge is -2.31. The number of hydrogen-bond donors (Lipinski definition) is 3. The van der Waals surface area contributed by atoms with E-state index in [-0.39, 0.29) is 12.0 Å². The van der Waals surface area contributed by atoms with E-state index in [1.165, 1.54) is 0 Å². The summed E-state index contributed by atoms with van der Waals surface area (Å²) in [6.45, 7) is 4.43. The van der Waals surface area contributed by atoms with Gasteiger partial charge in [-0.1, -0.05) is 6.07 Å². The van der Waals surface area contributed by atoms with Gasteiger partial charge in [-0.05, 0) is 30.9 Å². The largest absolute Gasteiger partial charge is 0.490 e. The summed E-state index contributed by atoms with van der Waals surface area (Å²) in [5, 5.41) is 17.2. The fraction of sp³-hybridized carbons (Fsp3) is 0.652. The van der Waals surface area contributed by atoms with Crippen LogP contribution >= 0.6 is 0 Å². The van der Waals surface area contributed by atoms with Crippen LogP contribution in [0.15, 0.2) is 24.5 Å². The van der Waals surface area contributed by atoms with Gasteiger partial charge >= 0.3 is 24.3 Å². The van der Waals surface area contributed by atoms with E-state index < -0.39 is 24.3 Å². The van der Waals surface area contributed by atoms with Crippen LogP contribution in [0.25, 0.3) is 0 Å². The number of carboxylic acids is 2. The molecule has 0 bridgehead atoms. The molecule has 0 aromatic carbocycles. The van der Waals surface area contributed by atoms with E-state index in [0.717, 1.165) is 51.1 Å². The van der Waals surface area contributed by atoms with E-state index in [0.29, 0.717) is 31.0 Å². The number of aliphatic carboxylic acids is 2. The van der Waals surface area contributed by atoms with Gasteiger partial charge in [-0.2, -0.15) is 26.3 Å². The van der Waals surface area contributed by atoms with Crippen molar-refractivity contribution >= 4 is 17.8 Å². The number of alkyl halides is 6. The molecule has 3 fully saturated rings. The molecular weight excluding hydrogens is 544 g/mol. The maximum Gasteiger partial charge on any atom is 0.490 e. The second-order valence-electron chi connectivity index (χ2n) is 9.04. The van der Waals surface area contributed by atoms with Gasteiger partial charge in [-0.15, -0.1) is 0 Å². The van der Waals surface area contributed by atoms with Gasteiger partial charge < -0.3 is 25.0 Å². The highest BCUT2D eigenvalue weighted by Gasteiger charge is 2.44. The summed E-state index contributed by atoms with van der Waals surface area (Å²) in [4.78, 5) is 36.6. The lowest BCUT2D eigenvalue weighted by atomic mass is 10.0. The van der Waals surface area contributed by atoms with Crippen molar-refractivity contribution in [1.82, 2.24) is 15.2 Å². The van der Waals surface area contributed by atoms with E-state index in [9.17, 15) is 31.1 Å². The number of amides is 1. The minimum atomic E-state index is -5.08. The standard InChI is InChI=1S/C19H27N3O3.2C2HF3O2/c23-19(21-11-14-2-1-5-20-10-14)9-17-8-15-12-22(13-18(15)25-17)16-3-6-24-7-4-16;2*3-2(4,5)1(6)7/h1-2,5,10,15-18H,3-4,6-9,11-13H2,(H,21,23);2*(H,6,7)/t15-,17-,18+;;/m0../s1. The number of hydrogen-bond acceptors (Lipinski definition) is 7. The number of pyridine rings is 1. The Morgan fingerprint density at radius 2 is 1.62 bits per heavy atom. The third kappa shape index (κ3) is 11.3. The molecule has 1 aromatic heterocycles. The Morgan fingerprint density at radius 3 is 2.10 bits per heavy atom. The Hall–Kier alpha value is -2.98. The lowest BCUT2D eigenvalue weighted by molar-refractivity contribution is -0.193. The van der Waals surface area contributed by atoms with Crippen LogP contribution in [0.3, 0.4) is 0 Å². The van der Waals surface area contributed by atoms with Gasteiger partial charge in [0.1, 0.15) is 0 Å². The van der Waals surface area contributed by atoms with Crippen LogP contribution in [0.1, 0.15) is 31.2 Å². The zero-order valence-corrected chi connectivity index (χ0v) is 20.6. The van der Waals surface area contributed by atoms with Crippen molar-refractivity contribution < 1.29 is 60.4 Å². The highest BCUT2D eigenvalue weighted by atomic mass is 19.4. The molecule has 3 N–H and O–H groups in total. The molecule has 0 saturated carbocycles. The van der Waals surface area contributed by atoms with Gasteiger partial charge in [0.25, 0.3) is 0 Å². The Kier molecular flexibility index (Phi) is 11.9. The molecule has 0 unspecified atom stereocenters. The second kappa shape index (κ2) is 14.4. The second-order valence-corrected chi connectivity index (χ2v) is 9.04. The quantitative estimate of drug-likeness (QED) is 0.454. The molecule has 1 aromatic rings. The Balaban J connectivity index is 0.000000317. The molecule has 0 spiro atoms. The molecule has 3 saturated heterocycles. The van der Waals surface area contributed by atoms with Crippen LogP contribution in [0, 0.1) is 5.92 Å². The summed E-state index contributed by atoms with van der Waals surface area (Å²) < 4.78 is 75.1. The molecule has 0 aliphatic carbocycles. The van der Waals surface area contributed by atoms with Crippen molar-refractivity contribution in [2.24, 2.45) is 5.92 Å². The topological polar surface area (TPSA) is 138 Å². The molecular formula is C23H29F6N3O7. The van der Waals surface area contributed by atoms with Crippen LogP contribution in [-0.4, -0.2) is 94.8 Å². The van der Waals surface area contributed by atoms with Crippen molar-refractivity contribution in [3.05, 3.63) is 30.1 Å². The monoisotopic (exact) mass is 573 g/mol. The summed E-state index contributed by atoms with van der Waals surface area (Å²) in [5.41, 5.74) is 1.02. The van der Waals surface area contributed by atoms with Crippen LogP contribution in [0.2, 0.25) is 0 Å². The summed E-state index contributed by atoms with van der Waals surface area (Å²) in [7, 11) is 0. The summed E-state index contributed by atoms with van der Waals surface area (Å²) in [5.74, 6) is -4.87. The van der Waals surface area contributed by atoms with Crippen LogP contribution in [0.5, 0.6) is 0 Å². The predicted octanol–water partition coefficient (Wildman–Crippen LogP) is 2.62. The number of rotatable bonds is 5. The number of aromatic nitrogens is 1. The molecule has 220 valence electrons. The number of carboxylic acid groups (broad SMARTS) is 2. The SMILES string of the molecule is O=C(C[C@@H]1C[C@H]2CN(C3CCOCC3)C[C@H]2O1)NCc1cccnc1.O=C(O)C(F)(F)F.O=C(O)C(F)(F)F. The molecule has 3 atom stereocenters. The predicted molar refractivity (Wildman–Crippen MR) is 120 cm³/mol. The maximum absolute atomic E-state index is 12.2. The molecule has 4 heterocycles. The van der Waals surface area contributed by atoms with Gasteiger partial charge in [0, 0.05) is 57.2 Å². The van der Waals surface area contributed by atoms with E-state index in [2.05, 4.69) is 15.2 Å². The van der Waals surface area contributed by atoms with E-state index in [1.54, 1.807) is 12.4 Å². The molecule has 16 heteroatoms. The highest BCUT2D eigenvalue weighted by Crippen LogP contribution is 2.36. The Labute approximate surface area is 219 Å². The molecule has 10 nitrogen and oxygen atoms in total. The zero-order valence-electron chi connectivity index (χ0n) is 20.6. The average Bonchev–Trinajstić information content (AvgIpc) is 3.42. The van der Waals surface area contributed by atoms with Crippen LogP contribution < -0.4 is 5.32 Å². The smallest absolute Gasteiger partial charge is 0.475 e. The van der Waals surface area contributed by atoms with Crippen LogP contribution in [-0.2, 0) is 30.4 Å². The highest BCUT2D eigenvalue weighted by molar-refractivity contribution is 5.76. The van der Waals surface area contributed by atoms with Gasteiger partial charge in [0.2, 0.25) is 5.91 Å². The number of carbonyl (C=O) groups excluding carboxylic acids is 1. The summed E-state index contributed by atoms with van der Waals surface area (Å²) >= 11 is 0. The Morgan fingerprint density at radius 1 is 1.03 bits per heavy atom. The van der Waals surface area contributed by atoms with Gasteiger partial charge in [-0.25, -0.2) is 9.59 Å². The molecule has 39 heavy (non-hydrogen) atoms. The normalized spacial score (nSPS) is 23.5. The van der Waals surface area contributed by atoms with E-state index >= 15 is 0 Å². The van der Waals surface area contributed by atoms with Crippen molar-refractivity contribution in [3.63, 3.8) is 0 Å². The number of likely N-dealkylation sites (tertiary alicyclic amines) is 1. The van der Waals surface area contributed by atoms with Crippen molar-refractivity contribution in [2.75, 3.05) is 26.3 Å². The van der Waals surface area contributed by atoms with Gasteiger partial charge in [0.05, 0.1) is 18.6 Å². The average molecular weight is 573 g/mol. The lowest BCUT2D eigenvalue weighted by Crippen LogP contribution is -2.39. The molecule has 1 amide bonds. The van der Waals surface area contributed by atoms with Crippen LogP contribution in [0.4, 0.5) is 26.3 Å². The first-order valence-electron chi connectivity index (χ1n) is 11.9. The zero-order chi connectivity index (χ0) is 29.2. The maximum atomic E-state index is 12.2. The van der Waals surface area contributed by atoms with Crippen molar-refractivity contribution in [2.45, 2.75) is 62.8 Å². The summed E-state index contributed by atoms with van der Waals surface area (Å²) in [6.07, 6.45) is -2.53. The first kappa shape index (κ1) is 32.2. The number of nitrogens with zero attached hydrogens (tertiary/aromatic N) is 2. The Bertz CT molecular complexity index is 904. The molecule has 0 radical (unpaired) electrons. The third-order valence-electron chi connectivity index (χ3n) is 6.16. The fourth-order valence-electron chi connectivity index (χ4n) is 4.36. The van der Waals surface area contributed by atoms with E-state index in [4.69, 9.17) is 29.3 Å². The van der Waals surface area contributed by atoms with Gasteiger partial charge in [0.15, 0.2) is 0 Å². The summed E-state index contributed by atoms with van der Waals surface area (Å²) in [6, 6.07) is 4.51. The van der Waals surface area contributed by atoms with Gasteiger partial charge in [-0.3, -0.25) is 14.7 Å². The first-order valence-corrected chi connectivity index (χ1v) is 11.9. The fourth-order valence-corrected chi connectivity index (χ4v) is 4.36.